The minimum atomic E-state index is 0.586. The van der Waals surface area contributed by atoms with E-state index in [0.717, 1.165) is 44.5 Å². The number of halogens is 2. The monoisotopic (exact) mass is 429 g/mol. The van der Waals surface area contributed by atoms with Crippen molar-refractivity contribution in [2.75, 3.05) is 0 Å². The van der Waals surface area contributed by atoms with Crippen LogP contribution in [0.15, 0.2) is 89.3 Å². The first kappa shape index (κ1) is 18.9. The Balaban J connectivity index is 1.83. The fourth-order valence-electron chi connectivity index (χ4n) is 3.73. The molecule has 1 heterocycles. The highest BCUT2D eigenvalue weighted by atomic mass is 35.5. The van der Waals surface area contributed by atoms with E-state index in [9.17, 15) is 0 Å². The zero-order valence-electron chi connectivity index (χ0n) is 16.2. The van der Waals surface area contributed by atoms with Crippen LogP contribution in [0.3, 0.4) is 0 Å². The lowest BCUT2D eigenvalue weighted by molar-refractivity contribution is 0.621. The van der Waals surface area contributed by atoms with E-state index in [1.807, 2.05) is 66.7 Å². The quantitative estimate of drug-likeness (QED) is 0.287. The number of hydrogen-bond acceptors (Lipinski definition) is 2. The molecule has 30 heavy (non-hydrogen) atoms. The number of fused-ring (bicyclic) bond motifs is 1. The maximum absolute atomic E-state index is 6.52. The minimum absolute atomic E-state index is 0.586. The van der Waals surface area contributed by atoms with Crippen LogP contribution in [0.1, 0.15) is 5.56 Å². The van der Waals surface area contributed by atoms with Crippen molar-refractivity contribution in [2.45, 2.75) is 6.92 Å². The largest absolute Gasteiger partial charge is 0.435 e. The van der Waals surface area contributed by atoms with Crippen LogP contribution in [0.4, 0.5) is 0 Å². The van der Waals surface area contributed by atoms with Crippen molar-refractivity contribution in [3.63, 3.8) is 0 Å². The van der Waals surface area contributed by atoms with Crippen LogP contribution in [0.5, 0.6) is 0 Å². The molecule has 0 spiro atoms. The van der Waals surface area contributed by atoms with Gasteiger partial charge in [0.05, 0.1) is 0 Å². The van der Waals surface area contributed by atoms with Crippen LogP contribution >= 0.6 is 23.2 Å². The molecule has 0 N–H and O–H groups in total. The molecule has 2 nitrogen and oxygen atoms in total. The van der Waals surface area contributed by atoms with Gasteiger partial charge in [-0.15, -0.1) is 0 Å². The van der Waals surface area contributed by atoms with Crippen LogP contribution in [0, 0.1) is 6.92 Å². The Labute approximate surface area is 184 Å². The van der Waals surface area contributed by atoms with Crippen molar-refractivity contribution >= 4 is 34.3 Å². The lowest BCUT2D eigenvalue weighted by Gasteiger charge is -2.11. The van der Waals surface area contributed by atoms with E-state index >= 15 is 0 Å². The molecule has 0 saturated carbocycles. The molecule has 0 amide bonds. The van der Waals surface area contributed by atoms with Crippen molar-refractivity contribution in [2.24, 2.45) is 0 Å². The Morgan fingerprint density at radius 3 is 2.13 bits per heavy atom. The molecule has 0 fully saturated rings. The zero-order valence-corrected chi connectivity index (χ0v) is 17.7. The van der Waals surface area contributed by atoms with Crippen LogP contribution < -0.4 is 0 Å². The molecule has 0 bridgehead atoms. The first-order valence-corrected chi connectivity index (χ1v) is 10.4. The number of rotatable bonds is 3. The SMILES string of the molecule is Cc1ccccc1-c1cc(-c2c(Cl)cccc2Cl)cc2nc(-c3ccccc3)oc12. The highest BCUT2D eigenvalue weighted by molar-refractivity contribution is 6.39. The van der Waals surface area contributed by atoms with Crippen LogP contribution in [-0.2, 0) is 0 Å². The molecule has 4 heteroatoms. The molecule has 1 aromatic heterocycles. The molecule has 0 aliphatic heterocycles. The van der Waals surface area contributed by atoms with Gasteiger partial charge >= 0.3 is 0 Å². The number of oxazole rings is 1. The minimum Gasteiger partial charge on any atom is -0.435 e. The van der Waals surface area contributed by atoms with Crippen LogP contribution in [0.2, 0.25) is 10.0 Å². The number of aryl methyl sites for hydroxylation is 1. The summed E-state index contributed by atoms with van der Waals surface area (Å²) in [6.07, 6.45) is 0. The Hall–Kier alpha value is -3.07. The summed E-state index contributed by atoms with van der Waals surface area (Å²) in [5.74, 6) is 0.586. The summed E-state index contributed by atoms with van der Waals surface area (Å²) in [7, 11) is 0. The smallest absolute Gasteiger partial charge is 0.227 e. The van der Waals surface area contributed by atoms with Gasteiger partial charge in [-0.2, -0.15) is 0 Å². The molecule has 0 radical (unpaired) electrons. The van der Waals surface area contributed by atoms with Crippen LogP contribution in [-0.4, -0.2) is 4.98 Å². The van der Waals surface area contributed by atoms with Gasteiger partial charge in [0.2, 0.25) is 5.89 Å². The number of benzene rings is 4. The first-order valence-electron chi connectivity index (χ1n) is 9.62. The molecular formula is C26H17Cl2NO. The molecule has 4 aromatic carbocycles. The summed E-state index contributed by atoms with van der Waals surface area (Å²) in [6.45, 7) is 2.09. The van der Waals surface area contributed by atoms with Crippen molar-refractivity contribution in [1.82, 2.24) is 4.98 Å². The average Bonchev–Trinajstić information content (AvgIpc) is 3.19. The normalized spacial score (nSPS) is 11.2. The molecule has 5 aromatic rings. The topological polar surface area (TPSA) is 26.0 Å². The third-order valence-corrected chi connectivity index (χ3v) is 5.83. The lowest BCUT2D eigenvalue weighted by Crippen LogP contribution is -1.88. The zero-order chi connectivity index (χ0) is 20.7. The van der Waals surface area contributed by atoms with E-state index in [1.54, 1.807) is 0 Å². The molecule has 146 valence electrons. The summed E-state index contributed by atoms with van der Waals surface area (Å²) >= 11 is 13.0. The molecule has 0 unspecified atom stereocenters. The van der Waals surface area contributed by atoms with Gasteiger partial charge in [-0.05, 0) is 60.0 Å². The van der Waals surface area contributed by atoms with Crippen molar-refractivity contribution in [3.8, 4) is 33.7 Å². The van der Waals surface area contributed by atoms with Crippen molar-refractivity contribution in [3.05, 3.63) is 101 Å². The molecule has 0 aliphatic rings. The third-order valence-electron chi connectivity index (χ3n) is 5.20. The summed E-state index contributed by atoms with van der Waals surface area (Å²) < 4.78 is 6.27. The van der Waals surface area contributed by atoms with Gasteiger partial charge in [0, 0.05) is 26.7 Å². The van der Waals surface area contributed by atoms with Gasteiger partial charge < -0.3 is 4.42 Å². The predicted molar refractivity (Wildman–Crippen MR) is 125 cm³/mol. The second kappa shape index (κ2) is 7.64. The summed E-state index contributed by atoms with van der Waals surface area (Å²) in [4.78, 5) is 4.79. The van der Waals surface area contributed by atoms with E-state index < -0.39 is 0 Å². The molecule has 5 rings (SSSR count). The van der Waals surface area contributed by atoms with Gasteiger partial charge in [0.25, 0.3) is 0 Å². The fraction of sp³-hybridized carbons (Fsp3) is 0.0385. The fourth-order valence-corrected chi connectivity index (χ4v) is 4.35. The lowest BCUT2D eigenvalue weighted by atomic mass is 9.95. The second-order valence-electron chi connectivity index (χ2n) is 7.17. The van der Waals surface area contributed by atoms with Gasteiger partial charge in [-0.3, -0.25) is 0 Å². The number of aromatic nitrogens is 1. The first-order chi connectivity index (χ1) is 14.6. The molecule has 0 saturated heterocycles. The standard InChI is InChI=1S/C26H17Cl2NO/c1-16-8-5-6-11-19(16)20-14-18(24-21(27)12-7-13-22(24)28)15-23-25(20)30-26(29-23)17-9-3-2-4-10-17/h2-15H,1H3. The predicted octanol–water partition coefficient (Wildman–Crippen LogP) is 8.44. The molecule has 0 aliphatic carbocycles. The highest BCUT2D eigenvalue weighted by Gasteiger charge is 2.18. The molecular weight excluding hydrogens is 413 g/mol. The van der Waals surface area contributed by atoms with E-state index in [1.165, 1.54) is 0 Å². The highest BCUT2D eigenvalue weighted by Crippen LogP contribution is 2.41. The summed E-state index contributed by atoms with van der Waals surface area (Å²) in [5.41, 5.74) is 7.34. The summed E-state index contributed by atoms with van der Waals surface area (Å²) in [6, 6.07) is 27.7. The van der Waals surface area contributed by atoms with Crippen molar-refractivity contribution < 1.29 is 4.42 Å². The van der Waals surface area contributed by atoms with Gasteiger partial charge in [-0.25, -0.2) is 4.98 Å². The van der Waals surface area contributed by atoms with Gasteiger partial charge in [0.15, 0.2) is 5.58 Å². The van der Waals surface area contributed by atoms with E-state index in [0.29, 0.717) is 15.9 Å². The Bertz CT molecular complexity index is 1350. The van der Waals surface area contributed by atoms with E-state index in [-0.39, 0.29) is 0 Å². The van der Waals surface area contributed by atoms with Gasteiger partial charge in [0.1, 0.15) is 5.52 Å². The van der Waals surface area contributed by atoms with E-state index in [2.05, 4.69) is 25.1 Å². The van der Waals surface area contributed by atoms with Gasteiger partial charge in [-0.1, -0.05) is 71.7 Å². The Kier molecular flexibility index (Phi) is 4.82. The number of nitrogens with zero attached hydrogens (tertiary/aromatic N) is 1. The Morgan fingerprint density at radius 2 is 1.40 bits per heavy atom. The number of hydrogen-bond donors (Lipinski definition) is 0. The maximum Gasteiger partial charge on any atom is 0.227 e. The maximum atomic E-state index is 6.52. The summed E-state index contributed by atoms with van der Waals surface area (Å²) in [5, 5.41) is 1.20. The second-order valence-corrected chi connectivity index (χ2v) is 7.98. The average molecular weight is 430 g/mol. The van der Waals surface area contributed by atoms with E-state index in [4.69, 9.17) is 32.6 Å². The Morgan fingerprint density at radius 1 is 0.700 bits per heavy atom. The molecule has 0 atom stereocenters. The third kappa shape index (κ3) is 3.28. The van der Waals surface area contributed by atoms with Crippen LogP contribution in [0.25, 0.3) is 44.8 Å². The van der Waals surface area contributed by atoms with Crippen molar-refractivity contribution in [1.29, 1.82) is 0 Å².